The predicted molar refractivity (Wildman–Crippen MR) is 50.2 cm³/mol. The van der Waals surface area contributed by atoms with E-state index in [2.05, 4.69) is 17.9 Å². The fraction of sp³-hybridized carbons (Fsp3) is 0.600. The van der Waals surface area contributed by atoms with Crippen LogP contribution in [-0.4, -0.2) is 28.8 Å². The van der Waals surface area contributed by atoms with Gasteiger partial charge in [0.1, 0.15) is 6.04 Å². The lowest BCUT2D eigenvalue weighted by Crippen LogP contribution is -2.40. The summed E-state index contributed by atoms with van der Waals surface area (Å²) < 4.78 is 0. The van der Waals surface area contributed by atoms with Crippen LogP contribution in [-0.2, 0) is 9.59 Å². The molecule has 0 aromatic heterocycles. The minimum Gasteiger partial charge on any atom is -0.480 e. The van der Waals surface area contributed by atoms with Crippen LogP contribution >= 0.6 is 22.5 Å². The summed E-state index contributed by atoms with van der Waals surface area (Å²) in [6, 6.07) is -0.874. The quantitative estimate of drug-likeness (QED) is 0.424. The molecule has 0 saturated carbocycles. The van der Waals surface area contributed by atoms with Crippen molar-refractivity contribution < 1.29 is 14.7 Å². The van der Waals surface area contributed by atoms with Crippen molar-refractivity contribution in [1.82, 2.24) is 5.32 Å². The molecule has 0 spiro atoms. The smallest absolute Gasteiger partial charge is 0.327 e. The van der Waals surface area contributed by atoms with Crippen molar-refractivity contribution in [3.63, 3.8) is 0 Å². The molecule has 2 atom stereocenters. The van der Waals surface area contributed by atoms with Crippen LogP contribution in [0.15, 0.2) is 0 Å². The number of aliphatic carboxylic acids is 1. The van der Waals surface area contributed by atoms with Crippen LogP contribution in [0.1, 0.15) is 6.92 Å². The molecule has 0 aliphatic carbocycles. The van der Waals surface area contributed by atoms with Crippen LogP contribution in [0.5, 0.6) is 0 Å². The van der Waals surface area contributed by atoms with Gasteiger partial charge in [0, 0.05) is 12.7 Å². The average Bonchev–Trinajstić information content (AvgIpc) is 1.81. The summed E-state index contributed by atoms with van der Waals surface area (Å²) >= 11 is 3.73. The number of hydrogen-bond donors (Lipinski definition) is 3. The molecule has 0 heterocycles. The second kappa shape index (κ2) is 6.43. The van der Waals surface area contributed by atoms with Crippen molar-refractivity contribution in [2.75, 3.05) is 5.75 Å². The molecule has 0 radical (unpaired) electrons. The molecule has 11 heavy (non-hydrogen) atoms. The Morgan fingerprint density at radius 2 is 2.09 bits per heavy atom. The Morgan fingerprint density at radius 3 is 2.18 bits per heavy atom. The Bertz CT molecular complexity index is 153. The molecule has 0 aliphatic heterocycles. The number of carbonyl (C=O) groups excluding carboxylic acids is 1. The van der Waals surface area contributed by atoms with Gasteiger partial charge in [0.15, 0.2) is 0 Å². The molecule has 66 valence electrons. The molecular formula is C5H12NO3PS. The largest absolute Gasteiger partial charge is 0.480 e. The number of hydrogen-bond acceptors (Lipinski definition) is 3. The van der Waals surface area contributed by atoms with E-state index in [1.807, 2.05) is 0 Å². The average molecular weight is 197 g/mol. The highest BCUT2D eigenvalue weighted by Gasteiger charge is 2.14. The normalized spacial score (nSPS) is 11.1. The monoisotopic (exact) mass is 197 g/mol. The number of carboxylic acids is 1. The first-order valence-electron chi connectivity index (χ1n) is 2.68. The van der Waals surface area contributed by atoms with Gasteiger partial charge in [-0.1, -0.05) is 0 Å². The fourth-order valence-corrected chi connectivity index (χ4v) is 0.678. The Labute approximate surface area is 73.8 Å². The third-order valence-electron chi connectivity index (χ3n) is 0.858. The summed E-state index contributed by atoms with van der Waals surface area (Å²) in [4.78, 5) is 20.5. The molecule has 6 heteroatoms. The van der Waals surface area contributed by atoms with Crippen LogP contribution in [0, 0.1) is 0 Å². The molecule has 0 aromatic rings. The number of carboxylic acid groups (broad SMARTS) is 1. The maximum atomic E-state index is 10.3. The number of carbonyl (C=O) groups is 2. The number of thiol groups is 1. The minimum atomic E-state index is -1.06. The summed E-state index contributed by atoms with van der Waals surface area (Å²) in [6.45, 7) is 1.26. The van der Waals surface area contributed by atoms with Crippen molar-refractivity contribution in [3.8, 4) is 0 Å². The number of nitrogens with one attached hydrogen (secondary N) is 1. The Hall–Kier alpha value is -0.280. The molecule has 0 bridgehead atoms. The van der Waals surface area contributed by atoms with Gasteiger partial charge in [0.25, 0.3) is 0 Å². The lowest BCUT2D eigenvalue weighted by Gasteiger charge is -2.08. The molecule has 0 fully saturated rings. The lowest BCUT2D eigenvalue weighted by molar-refractivity contribution is -0.140. The molecule has 1 amide bonds. The van der Waals surface area contributed by atoms with Crippen LogP contribution in [0.3, 0.4) is 0 Å². The standard InChI is InChI=1S/C5H9NO3S.H3P/c1-3(7)6-4(2-10)5(8)9;/h4,10H,2H2,1H3,(H,6,7)(H,8,9);1H3. The molecule has 0 aromatic carbocycles. The van der Waals surface area contributed by atoms with Gasteiger partial charge < -0.3 is 10.4 Å². The predicted octanol–water partition coefficient (Wildman–Crippen LogP) is -0.436. The third-order valence-corrected chi connectivity index (χ3v) is 1.22. The van der Waals surface area contributed by atoms with Crippen molar-refractivity contribution in [1.29, 1.82) is 0 Å². The van der Waals surface area contributed by atoms with E-state index in [-0.39, 0.29) is 21.6 Å². The maximum Gasteiger partial charge on any atom is 0.327 e. The molecule has 2 N–H and O–H groups in total. The second-order valence-electron chi connectivity index (χ2n) is 1.77. The molecule has 0 rings (SSSR count). The van der Waals surface area contributed by atoms with E-state index in [9.17, 15) is 9.59 Å². The first-order valence-corrected chi connectivity index (χ1v) is 3.32. The minimum absolute atomic E-state index is 0. The third kappa shape index (κ3) is 6.13. The van der Waals surface area contributed by atoms with Gasteiger partial charge in [0.05, 0.1) is 0 Å². The molecular weight excluding hydrogens is 185 g/mol. The zero-order chi connectivity index (χ0) is 8.15. The van der Waals surface area contributed by atoms with Gasteiger partial charge in [-0.05, 0) is 0 Å². The van der Waals surface area contributed by atoms with E-state index in [0.717, 1.165) is 0 Å². The highest BCUT2D eigenvalue weighted by Crippen LogP contribution is 1.86. The van der Waals surface area contributed by atoms with Crippen LogP contribution < -0.4 is 5.32 Å². The van der Waals surface area contributed by atoms with E-state index < -0.39 is 12.0 Å². The van der Waals surface area contributed by atoms with E-state index >= 15 is 0 Å². The maximum absolute atomic E-state index is 10.3. The van der Waals surface area contributed by atoms with Crippen molar-refractivity contribution in [2.24, 2.45) is 0 Å². The van der Waals surface area contributed by atoms with E-state index in [0.29, 0.717) is 0 Å². The zero-order valence-electron chi connectivity index (χ0n) is 6.20. The van der Waals surface area contributed by atoms with E-state index in [1.165, 1.54) is 6.92 Å². The van der Waals surface area contributed by atoms with Gasteiger partial charge in [-0.15, -0.1) is 0 Å². The Kier molecular flexibility index (Phi) is 7.79. The van der Waals surface area contributed by atoms with Crippen molar-refractivity contribution in [2.45, 2.75) is 13.0 Å². The van der Waals surface area contributed by atoms with E-state index in [1.54, 1.807) is 0 Å². The van der Waals surface area contributed by atoms with Crippen molar-refractivity contribution in [3.05, 3.63) is 0 Å². The zero-order valence-corrected chi connectivity index (χ0v) is 8.51. The summed E-state index contributed by atoms with van der Waals surface area (Å²) in [7, 11) is 0. The lowest BCUT2D eigenvalue weighted by atomic mass is 10.3. The highest BCUT2D eigenvalue weighted by molar-refractivity contribution is 7.80. The van der Waals surface area contributed by atoms with Gasteiger partial charge in [0.2, 0.25) is 5.91 Å². The highest BCUT2D eigenvalue weighted by atomic mass is 32.1. The summed E-state index contributed by atoms with van der Waals surface area (Å²) in [5.74, 6) is -1.32. The molecule has 2 unspecified atom stereocenters. The van der Waals surface area contributed by atoms with E-state index in [4.69, 9.17) is 5.11 Å². The van der Waals surface area contributed by atoms with Gasteiger partial charge in [-0.2, -0.15) is 22.5 Å². The topological polar surface area (TPSA) is 66.4 Å². The summed E-state index contributed by atoms with van der Waals surface area (Å²) in [5, 5.41) is 10.6. The Balaban J connectivity index is 0. The molecule has 4 nitrogen and oxygen atoms in total. The number of amides is 1. The fourth-order valence-electron chi connectivity index (χ4n) is 0.431. The number of rotatable bonds is 3. The summed E-state index contributed by atoms with van der Waals surface area (Å²) in [5.41, 5.74) is 0. The second-order valence-corrected chi connectivity index (χ2v) is 2.14. The SMILES string of the molecule is CC(=O)NC(CS)C(=O)O.P. The van der Waals surface area contributed by atoms with Crippen LogP contribution in [0.2, 0.25) is 0 Å². The van der Waals surface area contributed by atoms with Crippen molar-refractivity contribution >= 4 is 34.4 Å². The van der Waals surface area contributed by atoms with Gasteiger partial charge in [-0.3, -0.25) is 4.79 Å². The molecule has 0 saturated heterocycles. The van der Waals surface area contributed by atoms with Crippen LogP contribution in [0.4, 0.5) is 0 Å². The van der Waals surface area contributed by atoms with Gasteiger partial charge in [-0.25, -0.2) is 4.79 Å². The Morgan fingerprint density at radius 1 is 1.64 bits per heavy atom. The first-order chi connectivity index (χ1) is 4.57. The molecule has 0 aliphatic rings. The van der Waals surface area contributed by atoms with Gasteiger partial charge >= 0.3 is 5.97 Å². The van der Waals surface area contributed by atoms with Crippen LogP contribution in [0.25, 0.3) is 0 Å². The summed E-state index contributed by atoms with van der Waals surface area (Å²) in [6.07, 6.45) is 0. The first kappa shape index (κ1) is 13.3.